The molecule has 0 heterocycles. The van der Waals surface area contributed by atoms with Crippen molar-refractivity contribution in [2.75, 3.05) is 0 Å². The average Bonchev–Trinajstić information content (AvgIpc) is 2.60. The monoisotopic (exact) mass is 436 g/mol. The second-order valence-electron chi connectivity index (χ2n) is 9.19. The lowest BCUT2D eigenvalue weighted by atomic mass is 9.86. The lowest BCUT2D eigenvalue weighted by molar-refractivity contribution is 0.224. The molecule has 2 atom stereocenters. The van der Waals surface area contributed by atoms with Gasteiger partial charge in [0, 0.05) is 10.9 Å². The van der Waals surface area contributed by atoms with Crippen molar-refractivity contribution in [2.45, 2.75) is 141 Å². The fraction of sp³-hybridized carbons (Fsp3) is 1.00. The highest BCUT2D eigenvalue weighted by Crippen LogP contribution is 2.34. The lowest BCUT2D eigenvalue weighted by Crippen LogP contribution is -2.35. The number of hydrogen-bond acceptors (Lipinski definition) is 3. The van der Waals surface area contributed by atoms with Gasteiger partial charge in [-0.25, -0.2) is 0 Å². The van der Waals surface area contributed by atoms with Gasteiger partial charge in [0.15, 0.2) is 0 Å². The van der Waals surface area contributed by atoms with Crippen LogP contribution in [-0.2, 0) is 0 Å². The van der Waals surface area contributed by atoms with Gasteiger partial charge in [-0.05, 0) is 32.1 Å². The molecule has 0 saturated carbocycles. The molecule has 0 aliphatic carbocycles. The molecule has 0 amide bonds. The van der Waals surface area contributed by atoms with Gasteiger partial charge in [0.25, 0.3) is 0 Å². The molecular formula is C23H49ClO3Si. The predicted octanol–water partition coefficient (Wildman–Crippen LogP) is 7.19. The van der Waals surface area contributed by atoms with Gasteiger partial charge >= 0.3 is 8.80 Å². The molecule has 0 aromatic heterocycles. The molecule has 0 aliphatic rings. The molecule has 0 fully saturated rings. The van der Waals surface area contributed by atoms with Crippen molar-refractivity contribution < 1.29 is 14.4 Å². The smallest absolute Gasteiger partial charge is 0.390 e. The summed E-state index contributed by atoms with van der Waals surface area (Å²) in [7, 11) is -3.91. The minimum Gasteiger partial charge on any atom is -0.390 e. The Morgan fingerprint density at radius 3 is 1.50 bits per heavy atom. The van der Waals surface area contributed by atoms with E-state index in [2.05, 4.69) is 13.8 Å². The Morgan fingerprint density at radius 2 is 1.11 bits per heavy atom. The topological polar surface area (TPSA) is 60.7 Å². The molecule has 28 heavy (non-hydrogen) atoms. The zero-order chi connectivity index (χ0) is 21.3. The second kappa shape index (κ2) is 17.1. The highest BCUT2D eigenvalue weighted by Gasteiger charge is 2.31. The molecule has 0 saturated heterocycles. The molecule has 0 aromatic rings. The van der Waals surface area contributed by atoms with Gasteiger partial charge in [-0.15, -0.1) is 11.6 Å². The van der Waals surface area contributed by atoms with Gasteiger partial charge in [0.05, 0.1) is 0 Å². The summed E-state index contributed by atoms with van der Waals surface area (Å²) in [5, 5.41) is 0. The Kier molecular flexibility index (Phi) is 17.3. The Bertz CT molecular complexity index is 345. The first kappa shape index (κ1) is 28.4. The van der Waals surface area contributed by atoms with E-state index in [0.717, 1.165) is 6.42 Å². The van der Waals surface area contributed by atoms with E-state index in [1.165, 1.54) is 89.9 Å². The maximum Gasteiger partial charge on any atom is 0.492 e. The van der Waals surface area contributed by atoms with Gasteiger partial charge in [0.2, 0.25) is 0 Å². The summed E-state index contributed by atoms with van der Waals surface area (Å²) in [4.78, 5) is 27.0. The van der Waals surface area contributed by atoms with E-state index >= 15 is 0 Å². The second-order valence-corrected chi connectivity index (χ2v) is 12.1. The van der Waals surface area contributed by atoms with Crippen LogP contribution in [0.1, 0.15) is 130 Å². The van der Waals surface area contributed by atoms with Gasteiger partial charge in [-0.3, -0.25) is 0 Å². The third-order valence-corrected chi connectivity index (χ3v) is 7.78. The Balaban J connectivity index is 3.47. The van der Waals surface area contributed by atoms with E-state index < -0.39 is 8.80 Å². The van der Waals surface area contributed by atoms with E-state index in [1.807, 2.05) is 6.92 Å². The molecule has 2 unspecified atom stereocenters. The Morgan fingerprint density at radius 1 is 0.714 bits per heavy atom. The number of rotatable bonds is 20. The van der Waals surface area contributed by atoms with Crippen LogP contribution in [0.25, 0.3) is 0 Å². The standard InChI is InChI=1S/C23H49ClO3Si/c1-4-5-6-7-8-9-10-11-12-13-14-15-16-17-19-22(2)23(3,24)20-18-21-28(25,26)27/h22,25-27H,4-21H2,1-3H3. The molecule has 3 N–H and O–H groups in total. The predicted molar refractivity (Wildman–Crippen MR) is 125 cm³/mol. The van der Waals surface area contributed by atoms with Crippen molar-refractivity contribution in [3.8, 4) is 0 Å². The fourth-order valence-electron chi connectivity index (χ4n) is 3.86. The van der Waals surface area contributed by atoms with Crippen LogP contribution in [0.2, 0.25) is 6.04 Å². The number of hydrogen-bond donors (Lipinski definition) is 3. The molecule has 3 nitrogen and oxygen atoms in total. The minimum absolute atomic E-state index is 0.0842. The summed E-state index contributed by atoms with van der Waals surface area (Å²) in [5.74, 6) is 0.402. The van der Waals surface area contributed by atoms with Crippen molar-refractivity contribution in [1.82, 2.24) is 0 Å². The average molecular weight is 437 g/mol. The maximum absolute atomic E-state index is 9.10. The van der Waals surface area contributed by atoms with Crippen LogP contribution in [0.3, 0.4) is 0 Å². The largest absolute Gasteiger partial charge is 0.492 e. The molecule has 0 spiro atoms. The van der Waals surface area contributed by atoms with Crippen LogP contribution < -0.4 is 0 Å². The van der Waals surface area contributed by atoms with Crippen LogP contribution in [-0.4, -0.2) is 28.1 Å². The first-order valence-electron chi connectivity index (χ1n) is 12.0. The van der Waals surface area contributed by atoms with Crippen LogP contribution in [0.5, 0.6) is 0 Å². The summed E-state index contributed by atoms with van der Waals surface area (Å²) in [6.45, 7) is 6.51. The minimum atomic E-state index is -3.91. The summed E-state index contributed by atoms with van der Waals surface area (Å²) in [6.07, 6.45) is 21.7. The van der Waals surface area contributed by atoms with Gasteiger partial charge in [-0.2, -0.15) is 0 Å². The molecule has 170 valence electrons. The van der Waals surface area contributed by atoms with Crippen molar-refractivity contribution in [1.29, 1.82) is 0 Å². The van der Waals surface area contributed by atoms with Crippen molar-refractivity contribution in [2.24, 2.45) is 5.92 Å². The number of halogens is 1. The number of unbranched alkanes of at least 4 members (excludes halogenated alkanes) is 13. The maximum atomic E-state index is 9.10. The summed E-state index contributed by atoms with van der Waals surface area (Å²) in [5.41, 5.74) is 0. The van der Waals surface area contributed by atoms with Crippen molar-refractivity contribution in [3.63, 3.8) is 0 Å². The van der Waals surface area contributed by atoms with Crippen molar-refractivity contribution >= 4 is 20.4 Å². The summed E-state index contributed by atoms with van der Waals surface area (Å²) < 4.78 is 0. The van der Waals surface area contributed by atoms with Gasteiger partial charge in [-0.1, -0.05) is 104 Å². The highest BCUT2D eigenvalue weighted by molar-refractivity contribution is 6.56. The molecule has 0 rings (SSSR count). The SMILES string of the molecule is CCCCCCCCCCCCCCCCC(C)C(C)(Cl)CCC[Si](O)(O)O. The quantitative estimate of drug-likeness (QED) is 0.107. The van der Waals surface area contributed by atoms with Gasteiger partial charge < -0.3 is 14.4 Å². The van der Waals surface area contributed by atoms with E-state index in [1.54, 1.807) is 0 Å². The van der Waals surface area contributed by atoms with Crippen LogP contribution >= 0.6 is 11.6 Å². The third kappa shape index (κ3) is 18.4. The summed E-state index contributed by atoms with van der Waals surface area (Å²) in [6, 6.07) is 0.0842. The molecule has 5 heteroatoms. The summed E-state index contributed by atoms with van der Waals surface area (Å²) >= 11 is 6.64. The van der Waals surface area contributed by atoms with E-state index in [-0.39, 0.29) is 10.9 Å². The molecule has 0 radical (unpaired) electrons. The fourth-order valence-corrected chi connectivity index (χ4v) is 4.76. The highest BCUT2D eigenvalue weighted by atomic mass is 35.5. The zero-order valence-electron chi connectivity index (χ0n) is 19.0. The Labute approximate surface area is 181 Å². The zero-order valence-corrected chi connectivity index (χ0v) is 20.8. The van der Waals surface area contributed by atoms with Gasteiger partial charge in [0.1, 0.15) is 0 Å². The Hall–Kier alpha value is 0.387. The first-order valence-corrected chi connectivity index (χ1v) is 14.5. The first-order chi connectivity index (χ1) is 13.2. The molecular weight excluding hydrogens is 388 g/mol. The van der Waals surface area contributed by atoms with E-state index in [0.29, 0.717) is 18.8 Å². The van der Waals surface area contributed by atoms with E-state index in [4.69, 9.17) is 26.0 Å². The van der Waals surface area contributed by atoms with Crippen LogP contribution in [0.4, 0.5) is 0 Å². The molecule has 0 aromatic carbocycles. The molecule has 0 aliphatic heterocycles. The number of alkyl halides is 1. The van der Waals surface area contributed by atoms with Crippen LogP contribution in [0.15, 0.2) is 0 Å². The normalized spacial score (nSPS) is 15.5. The third-order valence-electron chi connectivity index (χ3n) is 6.20. The van der Waals surface area contributed by atoms with Crippen molar-refractivity contribution in [3.05, 3.63) is 0 Å². The van der Waals surface area contributed by atoms with E-state index in [9.17, 15) is 0 Å². The molecule has 0 bridgehead atoms. The van der Waals surface area contributed by atoms with Crippen LogP contribution in [0, 0.1) is 5.92 Å². The lowest BCUT2D eigenvalue weighted by Gasteiger charge is -2.30.